The molecule has 30 heavy (non-hydrogen) atoms. The fraction of sp³-hybridized carbons (Fsp3) is 0.217. The van der Waals surface area contributed by atoms with Crippen LogP contribution in [0.4, 0.5) is 0 Å². The van der Waals surface area contributed by atoms with Crippen molar-refractivity contribution in [2.45, 2.75) is 17.7 Å². The second-order valence-corrected chi connectivity index (χ2v) is 9.09. The third kappa shape index (κ3) is 5.14. The van der Waals surface area contributed by atoms with Crippen molar-refractivity contribution in [3.8, 4) is 11.5 Å². The van der Waals surface area contributed by atoms with Crippen LogP contribution in [0.1, 0.15) is 22.6 Å². The molecule has 0 saturated carbocycles. The molecule has 0 bridgehead atoms. The van der Waals surface area contributed by atoms with Crippen LogP contribution in [0, 0.1) is 6.92 Å². The van der Waals surface area contributed by atoms with E-state index >= 15 is 0 Å². The van der Waals surface area contributed by atoms with E-state index in [-0.39, 0.29) is 17.4 Å². The van der Waals surface area contributed by atoms with Gasteiger partial charge in [-0.2, -0.15) is 0 Å². The zero-order chi connectivity index (χ0) is 21.7. The highest BCUT2D eigenvalue weighted by molar-refractivity contribution is 7.89. The predicted molar refractivity (Wildman–Crippen MR) is 119 cm³/mol. The van der Waals surface area contributed by atoms with Crippen LogP contribution < -0.4 is 14.2 Å². The topological polar surface area (TPSA) is 64.6 Å². The van der Waals surface area contributed by atoms with Gasteiger partial charge < -0.3 is 9.47 Å². The molecular weight excluding hydrogens is 422 g/mol. The molecule has 0 aliphatic rings. The number of aryl methyl sites for hydroxylation is 1. The van der Waals surface area contributed by atoms with Crippen LogP contribution in [0.3, 0.4) is 0 Å². The average molecular weight is 446 g/mol. The summed E-state index contributed by atoms with van der Waals surface area (Å²) in [5.74, 6) is 0.939. The summed E-state index contributed by atoms with van der Waals surface area (Å²) in [4.78, 5) is 0.232. The molecule has 0 spiro atoms. The van der Waals surface area contributed by atoms with Crippen molar-refractivity contribution in [1.82, 2.24) is 4.72 Å². The van der Waals surface area contributed by atoms with Crippen molar-refractivity contribution in [3.63, 3.8) is 0 Å². The normalized spacial score (nSPS) is 12.4. The van der Waals surface area contributed by atoms with E-state index in [2.05, 4.69) is 4.72 Å². The molecular formula is C23H24ClNO4S. The van der Waals surface area contributed by atoms with Gasteiger partial charge in [0.2, 0.25) is 10.0 Å². The number of sulfonamides is 1. The Morgan fingerprint density at radius 2 is 1.47 bits per heavy atom. The molecule has 0 aliphatic heterocycles. The van der Waals surface area contributed by atoms with Crippen LogP contribution >= 0.6 is 11.6 Å². The van der Waals surface area contributed by atoms with Crippen molar-refractivity contribution in [3.05, 3.63) is 88.4 Å². The molecule has 0 heterocycles. The number of hydrogen-bond acceptors (Lipinski definition) is 4. The van der Waals surface area contributed by atoms with E-state index < -0.39 is 10.0 Å². The molecule has 3 rings (SSSR count). The standard InChI is InChI=1S/C23H24ClNO4S/c1-16-4-11-20(12-5-16)30(26,27)25-15-21(17-6-9-19(24)10-7-17)18-8-13-22(28-2)23(14-18)29-3/h4-14,21,25H,15H2,1-3H3. The third-order valence-corrected chi connectivity index (χ3v) is 6.58. The van der Waals surface area contributed by atoms with E-state index in [1.807, 2.05) is 37.3 Å². The van der Waals surface area contributed by atoms with Crippen LogP contribution in [-0.4, -0.2) is 29.2 Å². The maximum absolute atomic E-state index is 12.8. The summed E-state index contributed by atoms with van der Waals surface area (Å²) in [6.45, 7) is 2.09. The van der Waals surface area contributed by atoms with Gasteiger partial charge in [0.25, 0.3) is 0 Å². The molecule has 7 heteroatoms. The Bertz CT molecular complexity index is 1100. The van der Waals surface area contributed by atoms with E-state index in [9.17, 15) is 8.42 Å². The smallest absolute Gasteiger partial charge is 0.240 e. The summed E-state index contributed by atoms with van der Waals surface area (Å²) in [6.07, 6.45) is 0. The van der Waals surface area contributed by atoms with Gasteiger partial charge in [-0.1, -0.05) is 47.5 Å². The van der Waals surface area contributed by atoms with Crippen molar-refractivity contribution in [2.24, 2.45) is 0 Å². The van der Waals surface area contributed by atoms with Gasteiger partial charge in [0, 0.05) is 17.5 Å². The summed E-state index contributed by atoms with van der Waals surface area (Å²) in [5.41, 5.74) is 2.82. The lowest BCUT2D eigenvalue weighted by Gasteiger charge is -2.20. The van der Waals surface area contributed by atoms with Gasteiger partial charge in [-0.3, -0.25) is 0 Å². The molecule has 1 unspecified atom stereocenters. The van der Waals surface area contributed by atoms with E-state index in [0.29, 0.717) is 16.5 Å². The summed E-state index contributed by atoms with van der Waals surface area (Å²) in [7, 11) is -0.515. The van der Waals surface area contributed by atoms with Crippen molar-refractivity contribution >= 4 is 21.6 Å². The van der Waals surface area contributed by atoms with Crippen LogP contribution in [0.5, 0.6) is 11.5 Å². The molecule has 3 aromatic rings. The second-order valence-electron chi connectivity index (χ2n) is 6.88. The first-order valence-electron chi connectivity index (χ1n) is 9.38. The summed E-state index contributed by atoms with van der Waals surface area (Å²) in [6, 6.07) is 19.7. The largest absolute Gasteiger partial charge is 0.493 e. The van der Waals surface area contributed by atoms with Gasteiger partial charge in [0.1, 0.15) is 0 Å². The minimum absolute atomic E-state index is 0.174. The number of rotatable bonds is 8. The number of methoxy groups -OCH3 is 2. The van der Waals surface area contributed by atoms with Crippen LogP contribution in [0.15, 0.2) is 71.6 Å². The Kier molecular flexibility index (Phi) is 7.02. The second kappa shape index (κ2) is 9.51. The van der Waals surface area contributed by atoms with Crippen molar-refractivity contribution in [1.29, 1.82) is 0 Å². The van der Waals surface area contributed by atoms with Gasteiger partial charge in [-0.05, 0) is 54.4 Å². The van der Waals surface area contributed by atoms with Gasteiger partial charge in [0.15, 0.2) is 11.5 Å². The first-order valence-corrected chi connectivity index (χ1v) is 11.2. The molecule has 0 fully saturated rings. The Morgan fingerprint density at radius 3 is 2.07 bits per heavy atom. The van der Waals surface area contributed by atoms with Crippen LogP contribution in [-0.2, 0) is 10.0 Å². The minimum Gasteiger partial charge on any atom is -0.493 e. The SMILES string of the molecule is COc1ccc(C(CNS(=O)(=O)c2ccc(C)cc2)c2ccc(Cl)cc2)cc1OC. The highest BCUT2D eigenvalue weighted by Crippen LogP contribution is 2.33. The molecule has 0 aromatic heterocycles. The first kappa shape index (κ1) is 22.2. The highest BCUT2D eigenvalue weighted by Gasteiger charge is 2.21. The Hall–Kier alpha value is -2.54. The molecule has 3 aromatic carbocycles. The molecule has 0 saturated heterocycles. The molecule has 0 radical (unpaired) electrons. The van der Waals surface area contributed by atoms with Crippen molar-refractivity contribution < 1.29 is 17.9 Å². The van der Waals surface area contributed by atoms with Crippen LogP contribution in [0.2, 0.25) is 5.02 Å². The van der Waals surface area contributed by atoms with E-state index in [0.717, 1.165) is 16.7 Å². The van der Waals surface area contributed by atoms with Crippen LogP contribution in [0.25, 0.3) is 0 Å². The van der Waals surface area contributed by atoms with E-state index in [1.165, 1.54) is 0 Å². The summed E-state index contributed by atoms with van der Waals surface area (Å²) in [5, 5.41) is 0.616. The molecule has 0 amide bonds. The predicted octanol–water partition coefficient (Wildman–Crippen LogP) is 4.78. The third-order valence-electron chi connectivity index (χ3n) is 4.89. The molecule has 0 aliphatic carbocycles. The molecule has 5 nitrogen and oxygen atoms in total. The monoisotopic (exact) mass is 445 g/mol. The Morgan fingerprint density at radius 1 is 0.867 bits per heavy atom. The fourth-order valence-electron chi connectivity index (χ4n) is 3.19. The lowest BCUT2D eigenvalue weighted by molar-refractivity contribution is 0.354. The maximum Gasteiger partial charge on any atom is 0.240 e. The lowest BCUT2D eigenvalue weighted by atomic mass is 9.91. The quantitative estimate of drug-likeness (QED) is 0.542. The number of nitrogens with one attached hydrogen (secondary N) is 1. The zero-order valence-electron chi connectivity index (χ0n) is 17.1. The number of ether oxygens (including phenoxy) is 2. The maximum atomic E-state index is 12.8. The van der Waals surface area contributed by atoms with Gasteiger partial charge in [-0.15, -0.1) is 0 Å². The van der Waals surface area contributed by atoms with E-state index in [1.54, 1.807) is 50.6 Å². The number of benzene rings is 3. The van der Waals surface area contributed by atoms with E-state index in [4.69, 9.17) is 21.1 Å². The molecule has 1 N–H and O–H groups in total. The first-order chi connectivity index (χ1) is 14.3. The number of halogens is 1. The molecule has 1 atom stereocenters. The zero-order valence-corrected chi connectivity index (χ0v) is 18.6. The summed E-state index contributed by atoms with van der Waals surface area (Å²) >= 11 is 6.04. The lowest BCUT2D eigenvalue weighted by Crippen LogP contribution is -2.29. The van der Waals surface area contributed by atoms with Crippen molar-refractivity contribution in [2.75, 3.05) is 20.8 Å². The fourth-order valence-corrected chi connectivity index (χ4v) is 4.36. The van der Waals surface area contributed by atoms with Gasteiger partial charge in [-0.25, -0.2) is 13.1 Å². The van der Waals surface area contributed by atoms with Gasteiger partial charge in [0.05, 0.1) is 19.1 Å². The minimum atomic E-state index is -3.66. The summed E-state index contributed by atoms with van der Waals surface area (Å²) < 4.78 is 39.1. The Labute approximate surface area is 182 Å². The highest BCUT2D eigenvalue weighted by atomic mass is 35.5. The number of hydrogen-bond donors (Lipinski definition) is 1. The Balaban J connectivity index is 1.94. The van der Waals surface area contributed by atoms with Gasteiger partial charge >= 0.3 is 0 Å². The molecule has 158 valence electrons. The average Bonchev–Trinajstić information content (AvgIpc) is 2.75.